The number of aromatic nitrogens is 2. The smallest absolute Gasteiger partial charge is 0.244 e. The average Bonchev–Trinajstić information content (AvgIpc) is 2.74. The molecule has 0 amide bonds. The summed E-state index contributed by atoms with van der Waals surface area (Å²) < 4.78 is 5.22. The standard InChI is InChI=1S/C22H17ClN4O/c1-28-18-9-5-6-15(12-18)14-24-27-22-25-20-11-10-17(23)13-19(20)21(26-22)16-7-3-2-4-8-16/h2-14H,1H3,(H,25,26,27). The number of fused-ring (bicyclic) bond motifs is 1. The number of hydrogen-bond acceptors (Lipinski definition) is 5. The average molecular weight is 389 g/mol. The van der Waals surface area contributed by atoms with Gasteiger partial charge in [0.2, 0.25) is 5.95 Å². The van der Waals surface area contributed by atoms with Crippen molar-refractivity contribution >= 4 is 34.7 Å². The number of nitrogens with one attached hydrogen (secondary N) is 1. The highest BCUT2D eigenvalue weighted by molar-refractivity contribution is 6.31. The lowest BCUT2D eigenvalue weighted by Crippen LogP contribution is -2.00. The van der Waals surface area contributed by atoms with Crippen molar-refractivity contribution in [1.82, 2.24) is 9.97 Å². The summed E-state index contributed by atoms with van der Waals surface area (Å²) in [5, 5.41) is 5.80. The second-order valence-electron chi connectivity index (χ2n) is 6.07. The molecule has 0 unspecified atom stereocenters. The zero-order valence-electron chi connectivity index (χ0n) is 15.1. The molecule has 5 nitrogen and oxygen atoms in total. The fourth-order valence-electron chi connectivity index (χ4n) is 2.85. The van der Waals surface area contributed by atoms with E-state index in [0.29, 0.717) is 11.0 Å². The van der Waals surface area contributed by atoms with Gasteiger partial charge >= 0.3 is 0 Å². The summed E-state index contributed by atoms with van der Waals surface area (Å²) in [6, 6.07) is 23.1. The van der Waals surface area contributed by atoms with E-state index in [4.69, 9.17) is 16.3 Å². The summed E-state index contributed by atoms with van der Waals surface area (Å²) in [5.74, 6) is 1.18. The number of benzene rings is 3. The van der Waals surface area contributed by atoms with Crippen molar-refractivity contribution in [3.05, 3.63) is 83.4 Å². The van der Waals surface area contributed by atoms with Crippen LogP contribution in [0.2, 0.25) is 5.02 Å². The predicted octanol–water partition coefficient (Wildman–Crippen LogP) is 5.40. The molecular formula is C22H17ClN4O. The highest BCUT2D eigenvalue weighted by atomic mass is 35.5. The van der Waals surface area contributed by atoms with E-state index in [9.17, 15) is 0 Å². The molecule has 0 fully saturated rings. The van der Waals surface area contributed by atoms with Gasteiger partial charge < -0.3 is 4.74 Å². The molecular weight excluding hydrogens is 372 g/mol. The van der Waals surface area contributed by atoms with Crippen molar-refractivity contribution in [3.8, 4) is 17.0 Å². The van der Waals surface area contributed by atoms with Gasteiger partial charge in [-0.1, -0.05) is 54.1 Å². The van der Waals surface area contributed by atoms with E-state index < -0.39 is 0 Å². The van der Waals surface area contributed by atoms with Crippen LogP contribution in [0.5, 0.6) is 5.75 Å². The van der Waals surface area contributed by atoms with Crippen molar-refractivity contribution in [1.29, 1.82) is 0 Å². The third kappa shape index (κ3) is 3.94. The molecule has 0 aliphatic rings. The third-order valence-corrected chi connectivity index (χ3v) is 4.41. The van der Waals surface area contributed by atoms with Gasteiger partial charge in [-0.05, 0) is 35.9 Å². The minimum atomic E-state index is 0.410. The molecule has 0 atom stereocenters. The van der Waals surface area contributed by atoms with Crippen LogP contribution in [0.1, 0.15) is 5.56 Å². The van der Waals surface area contributed by atoms with Gasteiger partial charge in [0, 0.05) is 16.0 Å². The quantitative estimate of drug-likeness (QED) is 0.367. The number of hydrogen-bond donors (Lipinski definition) is 1. The lowest BCUT2D eigenvalue weighted by atomic mass is 10.1. The zero-order valence-corrected chi connectivity index (χ0v) is 15.9. The number of hydrazone groups is 1. The monoisotopic (exact) mass is 388 g/mol. The van der Waals surface area contributed by atoms with Gasteiger partial charge in [0.15, 0.2) is 0 Å². The van der Waals surface area contributed by atoms with Gasteiger partial charge in [-0.3, -0.25) is 0 Å². The Balaban J connectivity index is 1.69. The number of rotatable bonds is 5. The van der Waals surface area contributed by atoms with Crippen molar-refractivity contribution in [2.75, 3.05) is 12.5 Å². The largest absolute Gasteiger partial charge is 0.497 e. The van der Waals surface area contributed by atoms with Gasteiger partial charge in [0.1, 0.15) is 5.75 Å². The Labute approximate surface area is 167 Å². The first-order valence-electron chi connectivity index (χ1n) is 8.69. The van der Waals surface area contributed by atoms with E-state index in [-0.39, 0.29) is 0 Å². The lowest BCUT2D eigenvalue weighted by Gasteiger charge is -2.09. The molecule has 0 saturated heterocycles. The molecule has 1 aromatic heterocycles. The second kappa shape index (κ2) is 8.06. The molecule has 0 aliphatic heterocycles. The van der Waals surface area contributed by atoms with E-state index >= 15 is 0 Å². The maximum absolute atomic E-state index is 6.19. The van der Waals surface area contributed by atoms with Gasteiger partial charge in [0.25, 0.3) is 0 Å². The normalized spacial score (nSPS) is 11.1. The number of methoxy groups -OCH3 is 1. The Kier molecular flexibility index (Phi) is 5.17. The van der Waals surface area contributed by atoms with Crippen LogP contribution in [0, 0.1) is 0 Å². The van der Waals surface area contributed by atoms with Crippen LogP contribution in [0.25, 0.3) is 22.2 Å². The molecule has 138 valence electrons. The fraction of sp³-hybridized carbons (Fsp3) is 0.0455. The van der Waals surface area contributed by atoms with Crippen molar-refractivity contribution in [3.63, 3.8) is 0 Å². The second-order valence-corrected chi connectivity index (χ2v) is 6.51. The number of ether oxygens (including phenoxy) is 1. The minimum absolute atomic E-state index is 0.410. The van der Waals surface area contributed by atoms with Crippen LogP contribution < -0.4 is 10.2 Å². The molecule has 28 heavy (non-hydrogen) atoms. The van der Waals surface area contributed by atoms with Crippen molar-refractivity contribution < 1.29 is 4.74 Å². The van der Waals surface area contributed by atoms with E-state index in [1.165, 1.54) is 0 Å². The molecule has 4 rings (SSSR count). The molecule has 0 bridgehead atoms. The highest BCUT2D eigenvalue weighted by Crippen LogP contribution is 2.29. The molecule has 0 spiro atoms. The van der Waals surface area contributed by atoms with Crippen LogP contribution in [-0.2, 0) is 0 Å². The Morgan fingerprint density at radius 2 is 1.82 bits per heavy atom. The van der Waals surface area contributed by atoms with Crippen LogP contribution in [0.3, 0.4) is 0 Å². The number of nitrogens with zero attached hydrogens (tertiary/aromatic N) is 3. The maximum atomic E-state index is 6.19. The number of halogens is 1. The summed E-state index contributed by atoms with van der Waals surface area (Å²) in [5.41, 5.74) is 6.40. The number of anilines is 1. The predicted molar refractivity (Wildman–Crippen MR) is 114 cm³/mol. The first-order chi connectivity index (χ1) is 13.7. The van der Waals surface area contributed by atoms with Gasteiger partial charge in [0.05, 0.1) is 24.5 Å². The van der Waals surface area contributed by atoms with E-state index in [0.717, 1.165) is 33.5 Å². The van der Waals surface area contributed by atoms with Crippen LogP contribution in [-0.4, -0.2) is 23.3 Å². The topological polar surface area (TPSA) is 59.4 Å². The molecule has 6 heteroatoms. The van der Waals surface area contributed by atoms with E-state index in [1.54, 1.807) is 13.3 Å². The van der Waals surface area contributed by atoms with Crippen LogP contribution in [0.15, 0.2) is 77.9 Å². The first kappa shape index (κ1) is 17.9. The summed E-state index contributed by atoms with van der Waals surface area (Å²) in [7, 11) is 1.63. The Hall–Kier alpha value is -3.44. The zero-order chi connectivity index (χ0) is 19.3. The third-order valence-electron chi connectivity index (χ3n) is 4.18. The fourth-order valence-corrected chi connectivity index (χ4v) is 3.03. The van der Waals surface area contributed by atoms with Gasteiger partial charge in [-0.25, -0.2) is 15.4 Å². The Morgan fingerprint density at radius 1 is 0.964 bits per heavy atom. The van der Waals surface area contributed by atoms with Gasteiger partial charge in [-0.2, -0.15) is 5.10 Å². The summed E-state index contributed by atoms with van der Waals surface area (Å²) in [6.45, 7) is 0. The Bertz CT molecular complexity index is 1150. The molecule has 3 aromatic carbocycles. The van der Waals surface area contributed by atoms with Crippen molar-refractivity contribution in [2.45, 2.75) is 0 Å². The molecule has 0 saturated carbocycles. The van der Waals surface area contributed by atoms with E-state index in [2.05, 4.69) is 20.5 Å². The summed E-state index contributed by atoms with van der Waals surface area (Å²) in [4.78, 5) is 9.21. The minimum Gasteiger partial charge on any atom is -0.497 e. The summed E-state index contributed by atoms with van der Waals surface area (Å²) in [6.07, 6.45) is 1.69. The molecule has 0 radical (unpaired) electrons. The highest BCUT2D eigenvalue weighted by Gasteiger charge is 2.10. The van der Waals surface area contributed by atoms with Crippen LogP contribution >= 0.6 is 11.6 Å². The summed E-state index contributed by atoms with van der Waals surface area (Å²) >= 11 is 6.19. The van der Waals surface area contributed by atoms with E-state index in [1.807, 2.05) is 72.8 Å². The van der Waals surface area contributed by atoms with Crippen molar-refractivity contribution in [2.24, 2.45) is 5.10 Å². The molecule has 1 N–H and O–H groups in total. The maximum Gasteiger partial charge on any atom is 0.244 e. The SMILES string of the molecule is COc1cccc(C=NNc2nc(-c3ccccc3)c3cc(Cl)ccc3n2)c1. The molecule has 0 aliphatic carbocycles. The Morgan fingerprint density at radius 3 is 2.64 bits per heavy atom. The molecule has 1 heterocycles. The van der Waals surface area contributed by atoms with Gasteiger partial charge in [-0.15, -0.1) is 0 Å². The lowest BCUT2D eigenvalue weighted by molar-refractivity contribution is 0.415. The first-order valence-corrected chi connectivity index (χ1v) is 9.06. The molecule has 4 aromatic rings. The van der Waals surface area contributed by atoms with Crippen LogP contribution in [0.4, 0.5) is 5.95 Å².